The smallest absolute Gasteiger partial charge is 0.407 e. The van der Waals surface area contributed by atoms with E-state index in [4.69, 9.17) is 4.74 Å². The molecule has 0 heterocycles. The predicted octanol–water partition coefficient (Wildman–Crippen LogP) is 3.43. The van der Waals surface area contributed by atoms with Crippen LogP contribution in [0.5, 0.6) is 0 Å². The minimum atomic E-state index is -0.496. The van der Waals surface area contributed by atoms with E-state index in [1.54, 1.807) is 6.07 Å². The van der Waals surface area contributed by atoms with Crippen LogP contribution in [-0.4, -0.2) is 24.0 Å². The minimum absolute atomic E-state index is 0.0344. The summed E-state index contributed by atoms with van der Waals surface area (Å²) in [5.41, 5.74) is 1.10. The maximum atomic E-state index is 11.4. The van der Waals surface area contributed by atoms with Crippen LogP contribution in [0.3, 0.4) is 0 Å². The summed E-state index contributed by atoms with van der Waals surface area (Å²) < 4.78 is 5.11. The molecule has 0 saturated carbocycles. The van der Waals surface area contributed by atoms with E-state index in [1.807, 2.05) is 51.1 Å². The van der Waals surface area contributed by atoms with Crippen molar-refractivity contribution in [2.45, 2.75) is 33.3 Å². The molecular weight excluding hydrogens is 254 g/mol. The fraction of sp³-hybridized carbons (Fsp3) is 0.375. The van der Waals surface area contributed by atoms with E-state index in [2.05, 4.69) is 5.32 Å². The first-order chi connectivity index (χ1) is 9.28. The number of carbonyl (C=O) groups is 2. The molecule has 0 aliphatic carbocycles. The molecule has 0 aliphatic heterocycles. The lowest BCUT2D eigenvalue weighted by atomic mass is 10.1. The molecule has 1 rings (SSSR count). The van der Waals surface area contributed by atoms with Crippen molar-refractivity contribution in [3.63, 3.8) is 0 Å². The van der Waals surface area contributed by atoms with Gasteiger partial charge in [-0.2, -0.15) is 0 Å². The van der Waals surface area contributed by atoms with Crippen molar-refractivity contribution in [1.29, 1.82) is 0 Å². The van der Waals surface area contributed by atoms with Crippen LogP contribution < -0.4 is 5.32 Å². The monoisotopic (exact) mass is 275 g/mol. The molecule has 0 aliphatic rings. The lowest BCUT2D eigenvalue weighted by Gasteiger charge is -2.19. The van der Waals surface area contributed by atoms with E-state index in [9.17, 15) is 9.59 Å². The molecule has 4 heteroatoms. The maximum Gasteiger partial charge on any atom is 0.407 e. The number of rotatable bonds is 4. The number of ketones is 1. The maximum absolute atomic E-state index is 11.4. The van der Waals surface area contributed by atoms with Crippen LogP contribution in [0.2, 0.25) is 0 Å². The van der Waals surface area contributed by atoms with Gasteiger partial charge >= 0.3 is 6.09 Å². The molecule has 1 amide bonds. The van der Waals surface area contributed by atoms with Crippen LogP contribution in [-0.2, 0) is 4.74 Å². The summed E-state index contributed by atoms with van der Waals surface area (Å²) in [6.45, 7) is 7.35. The van der Waals surface area contributed by atoms with Crippen molar-refractivity contribution in [2.24, 2.45) is 0 Å². The van der Waals surface area contributed by atoms with E-state index < -0.39 is 11.7 Å². The third-order valence-electron chi connectivity index (χ3n) is 2.37. The van der Waals surface area contributed by atoms with Gasteiger partial charge in [0.15, 0.2) is 5.78 Å². The Labute approximate surface area is 119 Å². The van der Waals surface area contributed by atoms with Crippen molar-refractivity contribution < 1.29 is 14.3 Å². The SMILES string of the molecule is CC(=O)c1cccc(C=CCNC(=O)OC(C)(C)C)c1. The van der Waals surface area contributed by atoms with Gasteiger partial charge in [-0.15, -0.1) is 0 Å². The highest BCUT2D eigenvalue weighted by Crippen LogP contribution is 2.08. The third-order valence-corrected chi connectivity index (χ3v) is 2.37. The third kappa shape index (κ3) is 6.18. The Morgan fingerprint density at radius 1 is 1.30 bits per heavy atom. The normalized spacial score (nSPS) is 11.4. The van der Waals surface area contributed by atoms with Crippen molar-refractivity contribution in [3.8, 4) is 0 Å². The van der Waals surface area contributed by atoms with Crippen molar-refractivity contribution >= 4 is 18.0 Å². The van der Waals surface area contributed by atoms with Gasteiger partial charge in [-0.3, -0.25) is 4.79 Å². The van der Waals surface area contributed by atoms with Crippen molar-refractivity contribution in [1.82, 2.24) is 5.32 Å². The molecule has 0 spiro atoms. The largest absolute Gasteiger partial charge is 0.444 e. The summed E-state index contributed by atoms with van der Waals surface area (Å²) in [5.74, 6) is 0.0344. The molecule has 0 aromatic heterocycles. The summed E-state index contributed by atoms with van der Waals surface area (Å²) in [4.78, 5) is 22.7. The molecule has 108 valence electrons. The number of ether oxygens (including phenoxy) is 1. The standard InChI is InChI=1S/C16H21NO3/c1-12(18)14-9-5-7-13(11-14)8-6-10-17-15(19)20-16(2,3)4/h5-9,11H,10H2,1-4H3,(H,17,19). The van der Waals surface area contributed by atoms with Crippen molar-refractivity contribution in [3.05, 3.63) is 41.5 Å². The Hall–Kier alpha value is -2.10. The first-order valence-corrected chi connectivity index (χ1v) is 6.52. The Balaban J connectivity index is 2.47. The number of hydrogen-bond acceptors (Lipinski definition) is 3. The zero-order valence-corrected chi connectivity index (χ0v) is 12.4. The van der Waals surface area contributed by atoms with Gasteiger partial charge < -0.3 is 10.1 Å². The van der Waals surface area contributed by atoms with E-state index in [-0.39, 0.29) is 5.78 Å². The zero-order valence-electron chi connectivity index (χ0n) is 12.4. The quantitative estimate of drug-likeness (QED) is 0.856. The molecule has 4 nitrogen and oxygen atoms in total. The lowest BCUT2D eigenvalue weighted by Crippen LogP contribution is -2.32. The van der Waals surface area contributed by atoms with Gasteiger partial charge in [0.25, 0.3) is 0 Å². The molecule has 20 heavy (non-hydrogen) atoms. The number of benzene rings is 1. The molecule has 0 atom stereocenters. The second-order valence-electron chi connectivity index (χ2n) is 5.47. The highest BCUT2D eigenvalue weighted by molar-refractivity contribution is 5.94. The van der Waals surface area contributed by atoms with E-state index in [0.717, 1.165) is 5.56 Å². The highest BCUT2D eigenvalue weighted by atomic mass is 16.6. The lowest BCUT2D eigenvalue weighted by molar-refractivity contribution is 0.0534. The number of carbonyl (C=O) groups excluding carboxylic acids is 2. The Bertz CT molecular complexity index is 513. The molecule has 0 fully saturated rings. The topological polar surface area (TPSA) is 55.4 Å². The predicted molar refractivity (Wildman–Crippen MR) is 79.7 cm³/mol. The van der Waals surface area contributed by atoms with Crippen LogP contribution >= 0.6 is 0 Å². The summed E-state index contributed by atoms with van der Waals surface area (Å²) in [5, 5.41) is 2.63. The molecule has 0 bridgehead atoms. The summed E-state index contributed by atoms with van der Waals surface area (Å²) in [6, 6.07) is 7.32. The molecule has 0 radical (unpaired) electrons. The Morgan fingerprint density at radius 2 is 2.00 bits per heavy atom. The van der Waals surface area contributed by atoms with E-state index in [1.165, 1.54) is 6.92 Å². The Morgan fingerprint density at radius 3 is 2.60 bits per heavy atom. The fourth-order valence-corrected chi connectivity index (χ4v) is 1.51. The summed E-state index contributed by atoms with van der Waals surface area (Å²) >= 11 is 0. The molecule has 0 unspecified atom stereocenters. The molecule has 1 N–H and O–H groups in total. The van der Waals surface area contributed by atoms with Gasteiger partial charge in [-0.1, -0.05) is 30.4 Å². The van der Waals surface area contributed by atoms with Crippen LogP contribution in [0.25, 0.3) is 6.08 Å². The molecule has 0 saturated heterocycles. The average molecular weight is 275 g/mol. The van der Waals surface area contributed by atoms with Crippen LogP contribution in [0.15, 0.2) is 30.3 Å². The Kier molecular flexibility index (Phi) is 5.50. The van der Waals surface area contributed by atoms with Gasteiger partial charge in [-0.25, -0.2) is 4.79 Å². The van der Waals surface area contributed by atoms with Crippen molar-refractivity contribution in [2.75, 3.05) is 6.54 Å². The second kappa shape index (κ2) is 6.89. The van der Waals surface area contributed by atoms with Crippen LogP contribution in [0.4, 0.5) is 4.79 Å². The number of Topliss-reactive ketones (excluding diaryl/α,β-unsaturated/α-hetero) is 1. The highest BCUT2D eigenvalue weighted by Gasteiger charge is 2.14. The molecular formula is C16H21NO3. The van der Waals surface area contributed by atoms with Gasteiger partial charge in [0.05, 0.1) is 0 Å². The minimum Gasteiger partial charge on any atom is -0.444 e. The molecule has 1 aromatic rings. The first-order valence-electron chi connectivity index (χ1n) is 6.52. The van der Waals surface area contributed by atoms with E-state index in [0.29, 0.717) is 12.1 Å². The van der Waals surface area contributed by atoms with Gasteiger partial charge in [0.1, 0.15) is 5.60 Å². The summed E-state index contributed by atoms with van der Waals surface area (Å²) in [7, 11) is 0. The number of nitrogens with one attached hydrogen (secondary N) is 1. The fourth-order valence-electron chi connectivity index (χ4n) is 1.51. The van der Waals surface area contributed by atoms with Gasteiger partial charge in [0, 0.05) is 12.1 Å². The number of hydrogen-bond donors (Lipinski definition) is 1. The van der Waals surface area contributed by atoms with Gasteiger partial charge in [-0.05, 0) is 39.3 Å². The zero-order chi connectivity index (χ0) is 15.2. The number of amides is 1. The van der Waals surface area contributed by atoms with Crippen LogP contribution in [0, 0.1) is 0 Å². The van der Waals surface area contributed by atoms with Crippen LogP contribution in [0.1, 0.15) is 43.6 Å². The van der Waals surface area contributed by atoms with E-state index >= 15 is 0 Å². The summed E-state index contributed by atoms with van der Waals surface area (Å²) in [6.07, 6.45) is 3.21. The molecule has 1 aromatic carbocycles. The first kappa shape index (κ1) is 16.0. The van der Waals surface area contributed by atoms with Gasteiger partial charge in [0.2, 0.25) is 0 Å². The average Bonchev–Trinajstić information content (AvgIpc) is 2.33. The second-order valence-corrected chi connectivity index (χ2v) is 5.47. The number of alkyl carbamates (subject to hydrolysis) is 1.